The van der Waals surface area contributed by atoms with Crippen LogP contribution in [-0.4, -0.2) is 18.4 Å². The molecule has 1 aliphatic rings. The molecule has 5 heteroatoms. The molecule has 5 rings (SSSR count). The highest BCUT2D eigenvalue weighted by molar-refractivity contribution is 6.12. The minimum atomic E-state index is -0.122. The van der Waals surface area contributed by atoms with Crippen molar-refractivity contribution in [3.05, 3.63) is 131 Å². The van der Waals surface area contributed by atoms with E-state index >= 15 is 0 Å². The molecule has 5 nitrogen and oxygen atoms in total. The highest BCUT2D eigenvalue weighted by Gasteiger charge is 2.30. The summed E-state index contributed by atoms with van der Waals surface area (Å²) in [7, 11) is 0. The lowest BCUT2D eigenvalue weighted by Gasteiger charge is -2.33. The fourth-order valence-electron chi connectivity index (χ4n) is 5.01. The zero-order chi connectivity index (χ0) is 26.3. The monoisotopic (exact) mass is 499 g/mol. The molecule has 0 aliphatic carbocycles. The molecular formula is C33H29N3O2. The summed E-state index contributed by atoms with van der Waals surface area (Å²) >= 11 is 0. The number of rotatable bonds is 7. The van der Waals surface area contributed by atoms with Crippen LogP contribution in [0, 0.1) is 11.3 Å². The molecular weight excluding hydrogens is 470 g/mol. The van der Waals surface area contributed by atoms with Crippen molar-refractivity contribution in [1.29, 1.82) is 5.26 Å². The number of nitriles is 1. The third kappa shape index (κ3) is 5.50. The summed E-state index contributed by atoms with van der Waals surface area (Å²) in [6, 6.07) is 34.9. The highest BCUT2D eigenvalue weighted by Crippen LogP contribution is 2.34. The molecule has 0 fully saturated rings. The van der Waals surface area contributed by atoms with Gasteiger partial charge < -0.3 is 9.80 Å². The third-order valence-corrected chi connectivity index (χ3v) is 6.96. The number of para-hydroxylation sites is 2. The van der Waals surface area contributed by atoms with Gasteiger partial charge in [0.05, 0.1) is 29.4 Å². The summed E-state index contributed by atoms with van der Waals surface area (Å²) in [5, 5.41) is 9.03. The van der Waals surface area contributed by atoms with Crippen molar-refractivity contribution in [2.24, 2.45) is 0 Å². The second-order valence-electron chi connectivity index (χ2n) is 9.48. The largest absolute Gasteiger partial charge is 0.311 e. The molecule has 0 aromatic heterocycles. The van der Waals surface area contributed by atoms with Crippen LogP contribution in [0.25, 0.3) is 0 Å². The predicted molar refractivity (Wildman–Crippen MR) is 150 cm³/mol. The Labute approximate surface area is 223 Å². The molecule has 4 aromatic carbocycles. The Morgan fingerprint density at radius 1 is 0.816 bits per heavy atom. The predicted octanol–water partition coefficient (Wildman–Crippen LogP) is 6.32. The average Bonchev–Trinajstić information content (AvgIpc) is 2.99. The van der Waals surface area contributed by atoms with Gasteiger partial charge in [0.25, 0.3) is 5.91 Å². The number of carbonyl (C=O) groups excluding carboxylic acids is 2. The first-order chi connectivity index (χ1) is 18.6. The molecule has 0 bridgehead atoms. The number of benzene rings is 4. The molecule has 188 valence electrons. The Hall–Kier alpha value is -4.69. The molecule has 0 unspecified atom stereocenters. The number of hydrogen-bond acceptors (Lipinski definition) is 3. The van der Waals surface area contributed by atoms with Crippen LogP contribution in [0.15, 0.2) is 103 Å². The Morgan fingerprint density at radius 2 is 1.53 bits per heavy atom. The van der Waals surface area contributed by atoms with Gasteiger partial charge in [-0.15, -0.1) is 0 Å². The summed E-state index contributed by atoms with van der Waals surface area (Å²) in [6.45, 7) is 1.02. The molecule has 0 radical (unpaired) electrons. The van der Waals surface area contributed by atoms with Crippen molar-refractivity contribution < 1.29 is 9.59 Å². The quantitative estimate of drug-likeness (QED) is 0.299. The van der Waals surface area contributed by atoms with Crippen LogP contribution in [0.3, 0.4) is 0 Å². The maximum absolute atomic E-state index is 14.2. The van der Waals surface area contributed by atoms with E-state index in [1.54, 1.807) is 21.9 Å². The van der Waals surface area contributed by atoms with E-state index in [4.69, 9.17) is 5.26 Å². The summed E-state index contributed by atoms with van der Waals surface area (Å²) in [6.07, 6.45) is 2.61. The molecule has 0 atom stereocenters. The van der Waals surface area contributed by atoms with E-state index in [-0.39, 0.29) is 11.8 Å². The summed E-state index contributed by atoms with van der Waals surface area (Å²) in [5.74, 6) is -0.117. The normalized spacial score (nSPS) is 12.3. The Kier molecular flexibility index (Phi) is 7.61. The van der Waals surface area contributed by atoms with Crippen molar-refractivity contribution in [3.63, 3.8) is 0 Å². The summed E-state index contributed by atoms with van der Waals surface area (Å²) in [4.78, 5) is 31.3. The number of carbonyl (C=O) groups is 2. The molecule has 2 amide bonds. The first-order valence-corrected chi connectivity index (χ1v) is 13.0. The van der Waals surface area contributed by atoms with Gasteiger partial charge in [0.2, 0.25) is 5.91 Å². The molecule has 1 aliphatic heterocycles. The Bertz CT molecular complexity index is 1460. The SMILES string of the molecule is N#Cc1ccc(CCC(=O)N2CCCc3cccc(C(=O)N(Cc4ccccc4)c4ccccc4)c32)cc1. The zero-order valence-corrected chi connectivity index (χ0v) is 21.2. The fraction of sp³-hybridized carbons (Fsp3) is 0.182. The molecule has 0 N–H and O–H groups in total. The number of anilines is 2. The second-order valence-corrected chi connectivity index (χ2v) is 9.48. The third-order valence-electron chi connectivity index (χ3n) is 6.96. The van der Waals surface area contributed by atoms with Gasteiger partial charge >= 0.3 is 0 Å². The average molecular weight is 500 g/mol. The van der Waals surface area contributed by atoms with E-state index in [0.717, 1.165) is 40.9 Å². The standard InChI is InChI=1S/C33H29N3O2/c34-23-26-18-16-25(17-19-26)20-21-31(37)35-22-8-12-28-11-7-15-30(32(28)35)33(38)36(29-13-5-2-6-14-29)24-27-9-3-1-4-10-27/h1-7,9-11,13-19H,8,12,20-22,24H2. The first-order valence-electron chi connectivity index (χ1n) is 13.0. The smallest absolute Gasteiger partial charge is 0.260 e. The summed E-state index contributed by atoms with van der Waals surface area (Å²) < 4.78 is 0. The van der Waals surface area contributed by atoms with Gasteiger partial charge in [0.1, 0.15) is 0 Å². The minimum Gasteiger partial charge on any atom is -0.311 e. The molecule has 4 aromatic rings. The van der Waals surface area contributed by atoms with E-state index < -0.39 is 0 Å². The van der Waals surface area contributed by atoms with Crippen LogP contribution in [0.2, 0.25) is 0 Å². The number of amides is 2. The van der Waals surface area contributed by atoms with E-state index in [2.05, 4.69) is 6.07 Å². The van der Waals surface area contributed by atoms with Crippen molar-refractivity contribution in [2.75, 3.05) is 16.3 Å². The molecule has 0 saturated carbocycles. The molecule has 38 heavy (non-hydrogen) atoms. The van der Waals surface area contributed by atoms with E-state index in [1.165, 1.54) is 0 Å². The van der Waals surface area contributed by atoms with Crippen molar-refractivity contribution in [3.8, 4) is 6.07 Å². The van der Waals surface area contributed by atoms with Gasteiger partial charge in [-0.1, -0.05) is 72.8 Å². The second kappa shape index (κ2) is 11.6. The molecule has 0 saturated heterocycles. The van der Waals surface area contributed by atoms with Crippen LogP contribution < -0.4 is 9.80 Å². The zero-order valence-electron chi connectivity index (χ0n) is 21.2. The van der Waals surface area contributed by atoms with Crippen LogP contribution >= 0.6 is 0 Å². The van der Waals surface area contributed by atoms with Gasteiger partial charge in [-0.05, 0) is 66.3 Å². The molecule has 1 heterocycles. The van der Waals surface area contributed by atoms with Crippen LogP contribution in [-0.2, 0) is 24.2 Å². The van der Waals surface area contributed by atoms with Gasteiger partial charge in [-0.3, -0.25) is 9.59 Å². The van der Waals surface area contributed by atoms with Gasteiger partial charge in [-0.25, -0.2) is 0 Å². The van der Waals surface area contributed by atoms with Gasteiger partial charge in [-0.2, -0.15) is 5.26 Å². The number of nitrogens with zero attached hydrogens (tertiary/aromatic N) is 3. The fourth-order valence-corrected chi connectivity index (χ4v) is 5.01. The Balaban J connectivity index is 1.44. The topological polar surface area (TPSA) is 64.4 Å². The van der Waals surface area contributed by atoms with Crippen molar-refractivity contribution in [2.45, 2.75) is 32.2 Å². The number of hydrogen-bond donors (Lipinski definition) is 0. The highest BCUT2D eigenvalue weighted by atomic mass is 16.2. The van der Waals surface area contributed by atoms with Crippen molar-refractivity contribution >= 4 is 23.2 Å². The summed E-state index contributed by atoms with van der Waals surface area (Å²) in [5.41, 5.74) is 5.78. The molecule has 0 spiro atoms. The van der Waals surface area contributed by atoms with Crippen molar-refractivity contribution in [1.82, 2.24) is 0 Å². The van der Waals surface area contributed by atoms with E-state index in [9.17, 15) is 9.59 Å². The lowest BCUT2D eigenvalue weighted by Crippen LogP contribution is -2.39. The maximum Gasteiger partial charge on any atom is 0.260 e. The number of aryl methyl sites for hydroxylation is 2. The maximum atomic E-state index is 14.2. The van der Waals surface area contributed by atoms with E-state index in [0.29, 0.717) is 37.1 Å². The first kappa shape index (κ1) is 25.0. The number of fused-ring (bicyclic) bond motifs is 1. The lowest BCUT2D eigenvalue weighted by atomic mass is 9.96. The van der Waals surface area contributed by atoms with Gasteiger partial charge in [0, 0.05) is 18.7 Å². The minimum absolute atomic E-state index is 0.00452. The van der Waals surface area contributed by atoms with Crippen LogP contribution in [0.4, 0.5) is 11.4 Å². The lowest BCUT2D eigenvalue weighted by molar-refractivity contribution is -0.118. The van der Waals surface area contributed by atoms with Crippen LogP contribution in [0.1, 0.15) is 45.5 Å². The van der Waals surface area contributed by atoms with E-state index in [1.807, 2.05) is 91.0 Å². The van der Waals surface area contributed by atoms with Crippen LogP contribution in [0.5, 0.6) is 0 Å². The Morgan fingerprint density at radius 3 is 2.24 bits per heavy atom. The van der Waals surface area contributed by atoms with Gasteiger partial charge in [0.15, 0.2) is 0 Å².